The van der Waals surface area contributed by atoms with Gasteiger partial charge in [-0.25, -0.2) is 4.39 Å². The third kappa shape index (κ3) is 7.90. The van der Waals surface area contributed by atoms with Crippen molar-refractivity contribution < 1.29 is 19.0 Å². The number of rotatable bonds is 13. The molecule has 5 nitrogen and oxygen atoms in total. The molecule has 0 unspecified atom stereocenters. The molecule has 0 radical (unpaired) electrons. The Bertz CT molecular complexity index is 1190. The topological polar surface area (TPSA) is 62.7 Å². The molecule has 2 aromatic carbocycles. The molecule has 1 N–H and O–H groups in total. The van der Waals surface area contributed by atoms with Gasteiger partial charge >= 0.3 is 5.97 Å². The predicted molar refractivity (Wildman–Crippen MR) is 151 cm³/mol. The van der Waals surface area contributed by atoms with Gasteiger partial charge in [0.05, 0.1) is 12.6 Å². The SMILES string of the molecule is COc1ccc2nccc([C@H](F)CC[C@@H]3CCN(CCCCc4ccc(Cl)cc4)C[C@H]3CCC(=O)O)c2c1. The lowest BCUT2D eigenvalue weighted by atomic mass is 9.79. The average molecular weight is 541 g/mol. The first kappa shape index (κ1) is 28.3. The Hall–Kier alpha value is -2.70. The number of carboxylic acids is 1. The summed E-state index contributed by atoms with van der Waals surface area (Å²) in [5, 5.41) is 10.9. The van der Waals surface area contributed by atoms with Crippen LogP contribution in [0.2, 0.25) is 5.02 Å². The lowest BCUT2D eigenvalue weighted by Gasteiger charge is -2.39. The lowest BCUT2D eigenvalue weighted by Crippen LogP contribution is -2.41. The number of ether oxygens (including phenoxy) is 1. The van der Waals surface area contributed by atoms with Gasteiger partial charge < -0.3 is 14.7 Å². The van der Waals surface area contributed by atoms with Crippen molar-refractivity contribution in [1.82, 2.24) is 9.88 Å². The van der Waals surface area contributed by atoms with Crippen LogP contribution < -0.4 is 4.74 Å². The van der Waals surface area contributed by atoms with Gasteiger partial charge in [-0.2, -0.15) is 0 Å². The summed E-state index contributed by atoms with van der Waals surface area (Å²) < 4.78 is 20.9. The number of aryl methyl sites for hydroxylation is 1. The number of aliphatic carboxylic acids is 1. The maximum Gasteiger partial charge on any atom is 0.303 e. The second-order valence-electron chi connectivity index (χ2n) is 10.5. The van der Waals surface area contributed by atoms with Crippen molar-refractivity contribution in [3.05, 3.63) is 70.9 Å². The molecule has 0 amide bonds. The van der Waals surface area contributed by atoms with Crippen LogP contribution in [0.1, 0.15) is 62.2 Å². The minimum Gasteiger partial charge on any atom is -0.497 e. The molecule has 3 atom stereocenters. The summed E-state index contributed by atoms with van der Waals surface area (Å²) in [6.07, 6.45) is 6.78. The largest absolute Gasteiger partial charge is 0.497 e. The number of carboxylic acid groups (broad SMARTS) is 1. The molecule has 1 aromatic heterocycles. The maximum atomic E-state index is 15.6. The Labute approximate surface area is 230 Å². The number of alkyl halides is 1. The summed E-state index contributed by atoms with van der Waals surface area (Å²) in [6, 6.07) is 15.3. The zero-order valence-electron chi connectivity index (χ0n) is 22.1. The van der Waals surface area contributed by atoms with Crippen LogP contribution in [0.15, 0.2) is 54.7 Å². The van der Waals surface area contributed by atoms with Crippen LogP contribution in [0.5, 0.6) is 5.75 Å². The zero-order valence-corrected chi connectivity index (χ0v) is 22.9. The Balaban J connectivity index is 1.31. The van der Waals surface area contributed by atoms with E-state index in [0.717, 1.165) is 67.7 Å². The number of carbonyl (C=O) groups is 1. The van der Waals surface area contributed by atoms with E-state index in [4.69, 9.17) is 16.3 Å². The summed E-state index contributed by atoms with van der Waals surface area (Å²) >= 11 is 5.98. The van der Waals surface area contributed by atoms with Crippen LogP contribution in [0.25, 0.3) is 10.9 Å². The fourth-order valence-electron chi connectivity index (χ4n) is 5.75. The Morgan fingerprint density at radius 2 is 1.97 bits per heavy atom. The van der Waals surface area contributed by atoms with Crippen molar-refractivity contribution in [1.29, 1.82) is 0 Å². The number of benzene rings is 2. The summed E-state index contributed by atoms with van der Waals surface area (Å²) in [6.45, 7) is 2.90. The minimum atomic E-state index is -1.10. The molecule has 4 rings (SSSR count). The summed E-state index contributed by atoms with van der Waals surface area (Å²) in [4.78, 5) is 18.2. The normalized spacial score (nSPS) is 18.9. The van der Waals surface area contributed by atoms with Crippen molar-refractivity contribution in [2.45, 2.75) is 57.5 Å². The number of aromatic nitrogens is 1. The van der Waals surface area contributed by atoms with E-state index in [1.807, 2.05) is 30.3 Å². The number of likely N-dealkylation sites (tertiary alicyclic amines) is 1. The van der Waals surface area contributed by atoms with E-state index < -0.39 is 12.1 Å². The van der Waals surface area contributed by atoms with Crippen molar-refractivity contribution >= 4 is 28.5 Å². The third-order valence-electron chi connectivity index (χ3n) is 7.92. The van der Waals surface area contributed by atoms with E-state index in [0.29, 0.717) is 30.1 Å². The lowest BCUT2D eigenvalue weighted by molar-refractivity contribution is -0.137. The summed E-state index contributed by atoms with van der Waals surface area (Å²) in [7, 11) is 1.60. The van der Waals surface area contributed by atoms with Crippen LogP contribution in [-0.2, 0) is 11.2 Å². The van der Waals surface area contributed by atoms with Gasteiger partial charge in [-0.1, -0.05) is 23.7 Å². The molecule has 38 heavy (non-hydrogen) atoms. The van der Waals surface area contributed by atoms with Crippen molar-refractivity contribution in [3.8, 4) is 5.75 Å². The molecule has 0 aliphatic carbocycles. The smallest absolute Gasteiger partial charge is 0.303 e. The standard InChI is InChI=1S/C31H38ClFN2O3/c1-38-26-11-13-30-28(20-26)27(15-17-34-30)29(33)12-7-23-16-19-35(21-24(23)8-14-31(36)37)18-3-2-4-22-5-9-25(32)10-6-22/h5-6,9-11,13,15,17,20,23-24,29H,2-4,7-8,12,14,16,18-19,21H2,1H3,(H,36,37)/t23-,24-,29-/m1/s1. The number of fused-ring (bicyclic) bond motifs is 1. The van der Waals surface area contributed by atoms with Gasteiger partial charge in [0, 0.05) is 29.6 Å². The first-order valence-corrected chi connectivity index (χ1v) is 14.1. The van der Waals surface area contributed by atoms with Crippen LogP contribution in [0.3, 0.4) is 0 Å². The van der Waals surface area contributed by atoms with Crippen molar-refractivity contribution in [2.75, 3.05) is 26.7 Å². The highest BCUT2D eigenvalue weighted by atomic mass is 35.5. The molecular formula is C31H38ClFN2O3. The van der Waals surface area contributed by atoms with E-state index in [-0.39, 0.29) is 12.3 Å². The van der Waals surface area contributed by atoms with E-state index >= 15 is 4.39 Å². The second kappa shape index (κ2) is 13.9. The van der Waals surface area contributed by atoms with Crippen LogP contribution >= 0.6 is 11.6 Å². The molecule has 7 heteroatoms. The average Bonchev–Trinajstić information content (AvgIpc) is 2.93. The maximum absolute atomic E-state index is 15.6. The second-order valence-corrected chi connectivity index (χ2v) is 10.9. The van der Waals surface area contributed by atoms with E-state index in [1.54, 1.807) is 19.4 Å². The van der Waals surface area contributed by atoms with Crippen molar-refractivity contribution in [3.63, 3.8) is 0 Å². The molecule has 3 aromatic rings. The fourth-order valence-corrected chi connectivity index (χ4v) is 5.88. The van der Waals surface area contributed by atoms with Gasteiger partial charge in [0.25, 0.3) is 0 Å². The van der Waals surface area contributed by atoms with E-state index in [1.165, 1.54) is 5.56 Å². The third-order valence-corrected chi connectivity index (χ3v) is 8.17. The van der Waals surface area contributed by atoms with Gasteiger partial charge in [0.15, 0.2) is 0 Å². The number of piperidine rings is 1. The van der Waals surface area contributed by atoms with Gasteiger partial charge in [-0.05, 0) is 117 Å². The number of unbranched alkanes of at least 4 members (excludes halogenated alkanes) is 1. The highest BCUT2D eigenvalue weighted by molar-refractivity contribution is 6.30. The highest BCUT2D eigenvalue weighted by Crippen LogP contribution is 2.36. The molecule has 1 aliphatic rings. The molecule has 1 aliphatic heterocycles. The molecule has 204 valence electrons. The fraction of sp³-hybridized carbons (Fsp3) is 0.484. The number of nitrogens with zero attached hydrogens (tertiary/aromatic N) is 2. The minimum absolute atomic E-state index is 0.166. The number of hydrogen-bond donors (Lipinski definition) is 1. The van der Waals surface area contributed by atoms with Gasteiger partial charge in [-0.3, -0.25) is 9.78 Å². The van der Waals surface area contributed by atoms with Crippen LogP contribution in [0.4, 0.5) is 4.39 Å². The van der Waals surface area contributed by atoms with Gasteiger partial charge in [0.1, 0.15) is 11.9 Å². The molecule has 0 saturated carbocycles. The van der Waals surface area contributed by atoms with Crippen LogP contribution in [0, 0.1) is 11.8 Å². The number of methoxy groups -OCH3 is 1. The Kier molecular flexibility index (Phi) is 10.4. The number of pyridine rings is 1. The van der Waals surface area contributed by atoms with Gasteiger partial charge in [0.2, 0.25) is 0 Å². The van der Waals surface area contributed by atoms with E-state index in [2.05, 4.69) is 22.0 Å². The molecule has 0 spiro atoms. The Morgan fingerprint density at radius 3 is 2.74 bits per heavy atom. The number of halogens is 2. The summed E-state index contributed by atoms with van der Waals surface area (Å²) in [5.41, 5.74) is 2.71. The predicted octanol–water partition coefficient (Wildman–Crippen LogP) is 7.51. The molecule has 0 bridgehead atoms. The Morgan fingerprint density at radius 1 is 1.16 bits per heavy atom. The van der Waals surface area contributed by atoms with Gasteiger partial charge in [-0.15, -0.1) is 0 Å². The highest BCUT2D eigenvalue weighted by Gasteiger charge is 2.30. The first-order valence-electron chi connectivity index (χ1n) is 13.7. The molecule has 2 heterocycles. The first-order chi connectivity index (χ1) is 18.4. The summed E-state index contributed by atoms with van der Waals surface area (Å²) in [5.74, 6) is 0.538. The number of hydrogen-bond acceptors (Lipinski definition) is 4. The zero-order chi connectivity index (χ0) is 26.9. The van der Waals surface area contributed by atoms with E-state index in [9.17, 15) is 9.90 Å². The quantitative estimate of drug-likeness (QED) is 0.227. The molecule has 1 fully saturated rings. The molecule has 1 saturated heterocycles. The molecular weight excluding hydrogens is 503 g/mol. The van der Waals surface area contributed by atoms with Crippen molar-refractivity contribution in [2.24, 2.45) is 11.8 Å². The monoisotopic (exact) mass is 540 g/mol. The van der Waals surface area contributed by atoms with Crippen LogP contribution in [-0.4, -0.2) is 47.7 Å².